The Kier molecular flexibility index (Phi) is 4.98. The molecular weight excluding hydrogens is 314 g/mol. The van der Waals surface area contributed by atoms with Gasteiger partial charge in [0.2, 0.25) is 0 Å². The maximum Gasteiger partial charge on any atom is 0.327 e. The maximum atomic E-state index is 12.0. The first-order valence-corrected chi connectivity index (χ1v) is 7.46. The van der Waals surface area contributed by atoms with Crippen LogP contribution in [0.25, 0.3) is 0 Å². The van der Waals surface area contributed by atoms with Crippen LogP contribution in [0.4, 0.5) is 5.69 Å². The minimum Gasteiger partial charge on any atom is -0.468 e. The van der Waals surface area contributed by atoms with E-state index in [4.69, 9.17) is 11.6 Å². The molecule has 6 nitrogen and oxygen atoms in total. The van der Waals surface area contributed by atoms with Crippen LogP contribution in [0.3, 0.4) is 0 Å². The number of methoxy groups -OCH3 is 1. The Labute approximate surface area is 130 Å². The first-order chi connectivity index (χ1) is 10.0. The van der Waals surface area contributed by atoms with Crippen LogP contribution in [0.2, 0.25) is 5.02 Å². The highest BCUT2D eigenvalue weighted by Gasteiger charge is 2.14. The first kappa shape index (κ1) is 15.5. The highest BCUT2D eigenvalue weighted by atomic mass is 35.5. The van der Waals surface area contributed by atoms with Gasteiger partial charge in [-0.2, -0.15) is 16.4 Å². The Morgan fingerprint density at radius 2 is 2.38 bits per heavy atom. The molecule has 1 unspecified atom stereocenters. The minimum atomic E-state index is -0.562. The molecule has 0 fully saturated rings. The van der Waals surface area contributed by atoms with Crippen LogP contribution in [0.1, 0.15) is 18.5 Å². The van der Waals surface area contributed by atoms with Crippen LogP contribution in [0.5, 0.6) is 0 Å². The third-order valence-corrected chi connectivity index (χ3v) is 3.97. The number of aromatic nitrogens is 2. The largest absolute Gasteiger partial charge is 0.468 e. The number of esters is 1. The van der Waals surface area contributed by atoms with Crippen molar-refractivity contribution >= 4 is 34.6 Å². The van der Waals surface area contributed by atoms with Gasteiger partial charge in [0.1, 0.15) is 11.6 Å². The normalized spacial score (nSPS) is 12.0. The summed E-state index contributed by atoms with van der Waals surface area (Å²) in [6, 6.07) is 1.98. The van der Waals surface area contributed by atoms with Gasteiger partial charge < -0.3 is 10.1 Å². The lowest BCUT2D eigenvalue weighted by atomic mass is 10.2. The number of anilines is 1. The van der Waals surface area contributed by atoms with Crippen molar-refractivity contribution < 1.29 is 9.53 Å². The predicted molar refractivity (Wildman–Crippen MR) is 81.9 cm³/mol. The number of carbonyl (C=O) groups is 1. The van der Waals surface area contributed by atoms with E-state index in [0.717, 1.165) is 10.2 Å². The van der Waals surface area contributed by atoms with Gasteiger partial charge >= 0.3 is 5.97 Å². The van der Waals surface area contributed by atoms with Gasteiger partial charge in [-0.25, -0.2) is 4.68 Å². The van der Waals surface area contributed by atoms with E-state index in [-0.39, 0.29) is 17.6 Å². The monoisotopic (exact) mass is 327 g/mol. The van der Waals surface area contributed by atoms with E-state index in [0.29, 0.717) is 5.69 Å². The standard InChI is InChI=1S/C13H14ClN3O3S/c1-8(9-3-4-21-7-9)16-10-5-15-17(6-11(18)20-2)13(19)12(10)14/h3-5,7-8,16H,6H2,1-2H3. The molecule has 0 aliphatic carbocycles. The number of hydrogen-bond donors (Lipinski definition) is 1. The predicted octanol–water partition coefficient (Wildman–Crippen LogP) is 2.30. The van der Waals surface area contributed by atoms with Gasteiger partial charge in [-0.05, 0) is 29.3 Å². The number of thiophene rings is 1. The van der Waals surface area contributed by atoms with Crippen LogP contribution < -0.4 is 10.9 Å². The molecule has 2 heterocycles. The number of ether oxygens (including phenoxy) is 1. The van der Waals surface area contributed by atoms with Gasteiger partial charge in [0.05, 0.1) is 19.0 Å². The van der Waals surface area contributed by atoms with Crippen LogP contribution in [-0.2, 0) is 16.1 Å². The van der Waals surface area contributed by atoms with Crippen molar-refractivity contribution in [3.63, 3.8) is 0 Å². The molecule has 8 heteroatoms. The van der Waals surface area contributed by atoms with Crippen LogP contribution in [0, 0.1) is 0 Å². The Morgan fingerprint density at radius 3 is 3.00 bits per heavy atom. The lowest BCUT2D eigenvalue weighted by Gasteiger charge is -2.15. The van der Waals surface area contributed by atoms with Gasteiger partial charge in [-0.15, -0.1) is 0 Å². The van der Waals surface area contributed by atoms with Gasteiger partial charge in [0, 0.05) is 6.04 Å². The van der Waals surface area contributed by atoms with Crippen molar-refractivity contribution in [2.24, 2.45) is 0 Å². The fourth-order valence-electron chi connectivity index (χ4n) is 1.70. The highest BCUT2D eigenvalue weighted by molar-refractivity contribution is 7.08. The van der Waals surface area contributed by atoms with Crippen LogP contribution in [0.15, 0.2) is 27.8 Å². The zero-order valence-corrected chi connectivity index (χ0v) is 13.1. The molecule has 0 saturated carbocycles. The highest BCUT2D eigenvalue weighted by Crippen LogP contribution is 2.23. The molecule has 112 valence electrons. The summed E-state index contributed by atoms with van der Waals surface area (Å²) >= 11 is 7.64. The fraction of sp³-hybridized carbons (Fsp3) is 0.308. The zero-order valence-electron chi connectivity index (χ0n) is 11.5. The first-order valence-electron chi connectivity index (χ1n) is 6.14. The molecule has 2 aromatic rings. The van der Waals surface area contributed by atoms with E-state index in [1.165, 1.54) is 13.3 Å². The third-order valence-electron chi connectivity index (χ3n) is 2.91. The van der Waals surface area contributed by atoms with E-state index >= 15 is 0 Å². The number of halogens is 1. The average Bonchev–Trinajstić information content (AvgIpc) is 3.01. The number of hydrogen-bond acceptors (Lipinski definition) is 6. The average molecular weight is 328 g/mol. The van der Waals surface area contributed by atoms with Gasteiger partial charge in [0.25, 0.3) is 5.56 Å². The Morgan fingerprint density at radius 1 is 1.62 bits per heavy atom. The molecule has 1 atom stereocenters. The SMILES string of the molecule is COC(=O)Cn1ncc(NC(C)c2ccsc2)c(Cl)c1=O. The summed E-state index contributed by atoms with van der Waals surface area (Å²) in [6.45, 7) is 1.69. The van der Waals surface area contributed by atoms with E-state index in [1.54, 1.807) is 11.3 Å². The Hall–Kier alpha value is -1.86. The molecule has 0 saturated heterocycles. The fourth-order valence-corrected chi connectivity index (χ4v) is 2.66. The molecule has 0 aliphatic heterocycles. The molecule has 0 bridgehead atoms. The molecule has 21 heavy (non-hydrogen) atoms. The Bertz CT molecular complexity index is 684. The summed E-state index contributed by atoms with van der Waals surface area (Å²) in [7, 11) is 1.24. The summed E-state index contributed by atoms with van der Waals surface area (Å²) in [5.41, 5.74) is 0.987. The number of nitrogens with one attached hydrogen (secondary N) is 1. The summed E-state index contributed by atoms with van der Waals surface area (Å²) in [6.07, 6.45) is 1.43. The van der Waals surface area contributed by atoms with Crippen molar-refractivity contribution in [3.8, 4) is 0 Å². The quantitative estimate of drug-likeness (QED) is 0.853. The van der Waals surface area contributed by atoms with Gasteiger partial charge in [0.15, 0.2) is 0 Å². The van der Waals surface area contributed by atoms with E-state index < -0.39 is 11.5 Å². The molecule has 0 aliphatic rings. The van der Waals surface area contributed by atoms with Crippen molar-refractivity contribution in [2.45, 2.75) is 19.5 Å². The van der Waals surface area contributed by atoms with Crippen molar-refractivity contribution in [3.05, 3.63) is 44.0 Å². The van der Waals surface area contributed by atoms with Crippen LogP contribution >= 0.6 is 22.9 Å². The van der Waals surface area contributed by atoms with E-state index in [9.17, 15) is 9.59 Å². The second-order valence-corrected chi connectivity index (χ2v) is 5.49. The van der Waals surface area contributed by atoms with Crippen LogP contribution in [-0.4, -0.2) is 22.9 Å². The number of carbonyl (C=O) groups excluding carboxylic acids is 1. The molecule has 0 amide bonds. The Balaban J connectivity index is 2.21. The second-order valence-electron chi connectivity index (χ2n) is 4.33. The minimum absolute atomic E-state index is 0.00372. The maximum absolute atomic E-state index is 12.0. The molecule has 0 spiro atoms. The summed E-state index contributed by atoms with van der Waals surface area (Å²) < 4.78 is 5.46. The number of rotatable bonds is 5. The van der Waals surface area contributed by atoms with Crippen molar-refractivity contribution in [1.82, 2.24) is 9.78 Å². The van der Waals surface area contributed by atoms with Gasteiger partial charge in [-0.1, -0.05) is 11.6 Å². The van der Waals surface area contributed by atoms with Crippen molar-refractivity contribution in [2.75, 3.05) is 12.4 Å². The summed E-state index contributed by atoms with van der Waals surface area (Å²) in [4.78, 5) is 23.2. The smallest absolute Gasteiger partial charge is 0.327 e. The van der Waals surface area contributed by atoms with Crippen molar-refractivity contribution in [1.29, 1.82) is 0 Å². The molecule has 1 N–H and O–H groups in total. The summed E-state index contributed by atoms with van der Waals surface area (Å²) in [5, 5.41) is 11.0. The lowest BCUT2D eigenvalue weighted by Crippen LogP contribution is -2.28. The zero-order chi connectivity index (χ0) is 15.4. The molecule has 0 radical (unpaired) electrons. The second kappa shape index (κ2) is 6.73. The molecular formula is C13H14ClN3O3S. The third kappa shape index (κ3) is 3.62. The van der Waals surface area contributed by atoms with E-state index in [2.05, 4.69) is 15.2 Å². The lowest BCUT2D eigenvalue weighted by molar-refractivity contribution is -0.141. The summed E-state index contributed by atoms with van der Waals surface area (Å²) in [5.74, 6) is -0.562. The molecule has 2 rings (SSSR count). The van der Waals surface area contributed by atoms with E-state index in [1.807, 2.05) is 23.8 Å². The molecule has 2 aromatic heterocycles. The molecule has 0 aromatic carbocycles. The number of nitrogens with zero attached hydrogens (tertiary/aromatic N) is 2. The topological polar surface area (TPSA) is 73.2 Å². The van der Waals surface area contributed by atoms with Gasteiger partial charge in [-0.3, -0.25) is 9.59 Å².